The molecule has 0 amide bonds. The van der Waals surface area contributed by atoms with Gasteiger partial charge in [-0.25, -0.2) is 0 Å². The van der Waals surface area contributed by atoms with Crippen LogP contribution in [-0.4, -0.2) is 36.2 Å². The second-order valence-electron chi connectivity index (χ2n) is 5.03. The molecule has 2 heterocycles. The van der Waals surface area contributed by atoms with E-state index in [1.165, 1.54) is 5.56 Å². The largest absolute Gasteiger partial charge is 0.379 e. The van der Waals surface area contributed by atoms with Gasteiger partial charge in [-0.05, 0) is 28.8 Å². The van der Waals surface area contributed by atoms with Crippen molar-refractivity contribution in [3.05, 3.63) is 58.5 Å². The number of aromatic amines is 1. The molecular formula is C16H18N2O2. The van der Waals surface area contributed by atoms with E-state index in [-0.39, 0.29) is 5.56 Å². The Morgan fingerprint density at radius 1 is 1.10 bits per heavy atom. The predicted octanol–water partition coefficient (Wildman–Crippen LogP) is 1.87. The average Bonchev–Trinajstić information content (AvgIpc) is 2.49. The fourth-order valence-corrected chi connectivity index (χ4v) is 2.49. The summed E-state index contributed by atoms with van der Waals surface area (Å²) < 4.78 is 5.36. The van der Waals surface area contributed by atoms with Gasteiger partial charge in [0.1, 0.15) is 0 Å². The highest BCUT2D eigenvalue weighted by Crippen LogP contribution is 2.19. The molecule has 1 aromatic heterocycles. The van der Waals surface area contributed by atoms with E-state index in [0.29, 0.717) is 0 Å². The van der Waals surface area contributed by atoms with E-state index in [1.807, 2.05) is 18.2 Å². The highest BCUT2D eigenvalue weighted by Gasteiger charge is 2.10. The van der Waals surface area contributed by atoms with E-state index >= 15 is 0 Å². The van der Waals surface area contributed by atoms with Gasteiger partial charge in [-0.3, -0.25) is 9.69 Å². The van der Waals surface area contributed by atoms with E-state index < -0.39 is 0 Å². The number of aromatic nitrogens is 1. The molecule has 0 atom stereocenters. The number of benzene rings is 1. The van der Waals surface area contributed by atoms with Gasteiger partial charge in [-0.2, -0.15) is 0 Å². The Hall–Kier alpha value is -1.91. The van der Waals surface area contributed by atoms with Gasteiger partial charge in [0, 0.05) is 31.9 Å². The molecule has 1 saturated heterocycles. The Morgan fingerprint density at radius 3 is 2.70 bits per heavy atom. The van der Waals surface area contributed by atoms with Crippen molar-refractivity contribution in [1.29, 1.82) is 0 Å². The number of rotatable bonds is 3. The summed E-state index contributed by atoms with van der Waals surface area (Å²) >= 11 is 0. The van der Waals surface area contributed by atoms with Crippen molar-refractivity contribution in [3.63, 3.8) is 0 Å². The van der Waals surface area contributed by atoms with Gasteiger partial charge in [-0.1, -0.05) is 18.2 Å². The fourth-order valence-electron chi connectivity index (χ4n) is 2.49. The summed E-state index contributed by atoms with van der Waals surface area (Å²) in [5, 5.41) is 0. The van der Waals surface area contributed by atoms with Crippen LogP contribution < -0.4 is 5.56 Å². The van der Waals surface area contributed by atoms with E-state index in [0.717, 1.165) is 44.0 Å². The lowest BCUT2D eigenvalue weighted by Gasteiger charge is -2.26. The lowest BCUT2D eigenvalue weighted by Crippen LogP contribution is -2.35. The topological polar surface area (TPSA) is 45.3 Å². The maximum atomic E-state index is 11.4. The average molecular weight is 270 g/mol. The van der Waals surface area contributed by atoms with Crippen LogP contribution in [0.3, 0.4) is 0 Å². The van der Waals surface area contributed by atoms with Crippen molar-refractivity contribution >= 4 is 0 Å². The number of hydrogen-bond donors (Lipinski definition) is 1. The maximum Gasteiger partial charge on any atom is 0.248 e. The van der Waals surface area contributed by atoms with Crippen LogP contribution in [0, 0.1) is 0 Å². The number of pyridine rings is 1. The minimum absolute atomic E-state index is 0.0684. The Labute approximate surface area is 118 Å². The fraction of sp³-hybridized carbons (Fsp3) is 0.312. The standard InChI is InChI=1S/C16H18N2O2/c19-16-11-15(4-5-17-16)14-3-1-2-13(10-14)12-18-6-8-20-9-7-18/h1-5,10-11H,6-9,12H2,(H,17,19). The summed E-state index contributed by atoms with van der Waals surface area (Å²) in [6.07, 6.45) is 1.69. The first-order valence-electron chi connectivity index (χ1n) is 6.89. The lowest BCUT2D eigenvalue weighted by atomic mass is 10.0. The van der Waals surface area contributed by atoms with Gasteiger partial charge < -0.3 is 9.72 Å². The summed E-state index contributed by atoms with van der Waals surface area (Å²) in [4.78, 5) is 16.4. The van der Waals surface area contributed by atoms with Crippen molar-refractivity contribution in [3.8, 4) is 11.1 Å². The molecule has 1 aliphatic heterocycles. The molecule has 1 aromatic carbocycles. The molecule has 1 fully saturated rings. The van der Waals surface area contributed by atoms with Crippen LogP contribution in [0.1, 0.15) is 5.56 Å². The van der Waals surface area contributed by atoms with Crippen molar-refractivity contribution < 1.29 is 4.74 Å². The molecular weight excluding hydrogens is 252 g/mol. The Morgan fingerprint density at radius 2 is 1.90 bits per heavy atom. The molecule has 0 spiro atoms. The Kier molecular flexibility index (Phi) is 3.95. The quantitative estimate of drug-likeness (QED) is 0.926. The highest BCUT2D eigenvalue weighted by molar-refractivity contribution is 5.63. The second kappa shape index (κ2) is 6.03. The Balaban J connectivity index is 1.80. The monoisotopic (exact) mass is 270 g/mol. The van der Waals surface area contributed by atoms with Gasteiger partial charge in [-0.15, -0.1) is 0 Å². The first kappa shape index (κ1) is 13.1. The number of morpholine rings is 1. The van der Waals surface area contributed by atoms with Crippen molar-refractivity contribution in [1.82, 2.24) is 9.88 Å². The lowest BCUT2D eigenvalue weighted by molar-refractivity contribution is 0.0342. The van der Waals surface area contributed by atoms with Crippen molar-refractivity contribution in [2.75, 3.05) is 26.3 Å². The third-order valence-electron chi connectivity index (χ3n) is 3.55. The molecule has 0 saturated carbocycles. The molecule has 1 aliphatic rings. The zero-order chi connectivity index (χ0) is 13.8. The molecule has 0 unspecified atom stereocenters. The predicted molar refractivity (Wildman–Crippen MR) is 78.6 cm³/mol. The van der Waals surface area contributed by atoms with E-state index in [9.17, 15) is 4.79 Å². The number of ether oxygens (including phenoxy) is 1. The molecule has 0 aliphatic carbocycles. The number of H-pyrrole nitrogens is 1. The van der Waals surface area contributed by atoms with Gasteiger partial charge in [0.15, 0.2) is 0 Å². The molecule has 3 rings (SSSR count). The van der Waals surface area contributed by atoms with E-state index in [2.05, 4.69) is 22.0 Å². The number of nitrogens with zero attached hydrogens (tertiary/aromatic N) is 1. The molecule has 4 nitrogen and oxygen atoms in total. The molecule has 4 heteroatoms. The van der Waals surface area contributed by atoms with Crippen LogP contribution in [-0.2, 0) is 11.3 Å². The highest BCUT2D eigenvalue weighted by atomic mass is 16.5. The minimum atomic E-state index is -0.0684. The van der Waals surface area contributed by atoms with E-state index in [1.54, 1.807) is 12.3 Å². The third-order valence-corrected chi connectivity index (χ3v) is 3.55. The van der Waals surface area contributed by atoms with Gasteiger partial charge in [0.25, 0.3) is 0 Å². The van der Waals surface area contributed by atoms with E-state index in [4.69, 9.17) is 4.74 Å². The normalized spacial score (nSPS) is 16.2. The van der Waals surface area contributed by atoms with Crippen LogP contribution in [0.5, 0.6) is 0 Å². The summed E-state index contributed by atoms with van der Waals surface area (Å²) in [5.41, 5.74) is 3.24. The van der Waals surface area contributed by atoms with Crippen LogP contribution in [0.4, 0.5) is 0 Å². The van der Waals surface area contributed by atoms with Gasteiger partial charge >= 0.3 is 0 Å². The zero-order valence-corrected chi connectivity index (χ0v) is 11.3. The minimum Gasteiger partial charge on any atom is -0.379 e. The molecule has 20 heavy (non-hydrogen) atoms. The van der Waals surface area contributed by atoms with Crippen LogP contribution in [0.2, 0.25) is 0 Å². The summed E-state index contributed by atoms with van der Waals surface area (Å²) in [5.74, 6) is 0. The molecule has 1 N–H and O–H groups in total. The zero-order valence-electron chi connectivity index (χ0n) is 11.3. The summed E-state index contributed by atoms with van der Waals surface area (Å²) in [6.45, 7) is 4.52. The molecule has 0 bridgehead atoms. The second-order valence-corrected chi connectivity index (χ2v) is 5.03. The smallest absolute Gasteiger partial charge is 0.248 e. The van der Waals surface area contributed by atoms with Crippen molar-refractivity contribution in [2.45, 2.75) is 6.54 Å². The van der Waals surface area contributed by atoms with Crippen LogP contribution >= 0.6 is 0 Å². The van der Waals surface area contributed by atoms with Gasteiger partial charge in [0.2, 0.25) is 5.56 Å². The third kappa shape index (κ3) is 3.15. The number of nitrogens with one attached hydrogen (secondary N) is 1. The summed E-state index contributed by atoms with van der Waals surface area (Å²) in [6, 6.07) is 11.9. The number of hydrogen-bond acceptors (Lipinski definition) is 3. The van der Waals surface area contributed by atoms with Crippen LogP contribution in [0.25, 0.3) is 11.1 Å². The summed E-state index contributed by atoms with van der Waals surface area (Å²) in [7, 11) is 0. The molecule has 0 radical (unpaired) electrons. The Bertz CT molecular complexity index is 630. The molecule has 2 aromatic rings. The van der Waals surface area contributed by atoms with Crippen molar-refractivity contribution in [2.24, 2.45) is 0 Å². The molecule has 104 valence electrons. The first-order chi connectivity index (χ1) is 9.81. The van der Waals surface area contributed by atoms with Gasteiger partial charge in [0.05, 0.1) is 13.2 Å². The first-order valence-corrected chi connectivity index (χ1v) is 6.89. The SMILES string of the molecule is O=c1cc(-c2cccc(CN3CCOCC3)c2)cc[nH]1. The van der Waals surface area contributed by atoms with Crippen LogP contribution in [0.15, 0.2) is 47.4 Å². The maximum absolute atomic E-state index is 11.4.